The molecule has 8 heteroatoms. The molecule has 0 saturated heterocycles. The summed E-state index contributed by atoms with van der Waals surface area (Å²) in [5.74, 6) is 6.40. The number of phenolic OH excluding ortho intramolecular Hbond substituents is 2. The molecule has 1 heterocycles. The molecule has 0 saturated carbocycles. The zero-order chi connectivity index (χ0) is 14.0. The Labute approximate surface area is 109 Å². The van der Waals surface area contributed by atoms with Crippen molar-refractivity contribution in [3.63, 3.8) is 0 Å². The van der Waals surface area contributed by atoms with E-state index in [1.54, 1.807) is 13.8 Å². The lowest BCUT2D eigenvalue weighted by molar-refractivity contribution is 0.449. The summed E-state index contributed by atoms with van der Waals surface area (Å²) in [6, 6.07) is 2.76. The quantitative estimate of drug-likeness (QED) is 0.362. The fraction of sp³-hybridized carbons (Fsp3) is 0.182. The number of nitrogens with two attached hydrogens (primary N) is 1. The van der Waals surface area contributed by atoms with Crippen molar-refractivity contribution < 1.29 is 10.2 Å². The van der Waals surface area contributed by atoms with E-state index in [1.807, 2.05) is 0 Å². The predicted octanol–water partition coefficient (Wildman–Crippen LogP) is 0.466. The Bertz CT molecular complexity index is 611. The molecule has 0 aliphatic carbocycles. The van der Waals surface area contributed by atoms with Gasteiger partial charge in [0.2, 0.25) is 0 Å². The van der Waals surface area contributed by atoms with Crippen molar-refractivity contribution >= 4 is 12.2 Å². The molecule has 0 unspecified atom stereocenters. The van der Waals surface area contributed by atoms with Crippen molar-refractivity contribution in [1.82, 2.24) is 14.9 Å². The number of rotatable bonds is 3. The number of nitrogens with one attached hydrogen (secondary N) is 1. The first kappa shape index (κ1) is 12.7. The SMILES string of the molecule is Cc1cc(O)cc(O)c1/C=N\Nc1nnc(C)n1N. The number of aromatic nitrogens is 3. The highest BCUT2D eigenvalue weighted by Gasteiger charge is 2.06. The highest BCUT2D eigenvalue weighted by atomic mass is 16.3. The Hall–Kier alpha value is -2.77. The first-order chi connectivity index (χ1) is 8.99. The van der Waals surface area contributed by atoms with E-state index >= 15 is 0 Å². The molecule has 1 aromatic heterocycles. The van der Waals surface area contributed by atoms with Gasteiger partial charge in [0.05, 0.1) is 6.21 Å². The Morgan fingerprint density at radius 2 is 2.05 bits per heavy atom. The molecule has 0 aliphatic rings. The number of hydrazone groups is 1. The number of aryl methyl sites for hydroxylation is 2. The van der Waals surface area contributed by atoms with Crippen LogP contribution >= 0.6 is 0 Å². The number of aromatic hydroxyl groups is 2. The fourth-order valence-electron chi connectivity index (χ4n) is 1.53. The van der Waals surface area contributed by atoms with Gasteiger partial charge in [0.15, 0.2) is 5.82 Å². The van der Waals surface area contributed by atoms with Crippen molar-refractivity contribution in [3.05, 3.63) is 29.1 Å². The molecule has 100 valence electrons. The maximum Gasteiger partial charge on any atom is 0.263 e. The smallest absolute Gasteiger partial charge is 0.263 e. The zero-order valence-corrected chi connectivity index (χ0v) is 10.5. The van der Waals surface area contributed by atoms with Gasteiger partial charge in [-0.25, -0.2) is 10.1 Å². The topological polar surface area (TPSA) is 122 Å². The van der Waals surface area contributed by atoms with E-state index in [4.69, 9.17) is 5.84 Å². The van der Waals surface area contributed by atoms with Gasteiger partial charge >= 0.3 is 0 Å². The molecule has 0 radical (unpaired) electrons. The van der Waals surface area contributed by atoms with Crippen molar-refractivity contribution in [1.29, 1.82) is 0 Å². The Kier molecular flexibility index (Phi) is 3.23. The molecular weight excluding hydrogens is 248 g/mol. The van der Waals surface area contributed by atoms with Gasteiger partial charge in [0, 0.05) is 11.6 Å². The molecule has 1 aromatic carbocycles. The average molecular weight is 262 g/mol. The molecular formula is C11H14N6O2. The second-order valence-electron chi connectivity index (χ2n) is 4.01. The van der Waals surface area contributed by atoms with E-state index in [9.17, 15) is 10.2 Å². The van der Waals surface area contributed by atoms with Crippen LogP contribution in [0.2, 0.25) is 0 Å². The first-order valence-electron chi connectivity index (χ1n) is 5.48. The number of hydrogen-bond acceptors (Lipinski definition) is 7. The molecule has 0 aliphatic heterocycles. The molecule has 0 bridgehead atoms. The van der Waals surface area contributed by atoms with E-state index in [-0.39, 0.29) is 17.4 Å². The number of benzene rings is 1. The summed E-state index contributed by atoms with van der Waals surface area (Å²) >= 11 is 0. The van der Waals surface area contributed by atoms with Gasteiger partial charge in [-0.05, 0) is 25.5 Å². The van der Waals surface area contributed by atoms with Gasteiger partial charge < -0.3 is 16.1 Å². The number of phenols is 2. The summed E-state index contributed by atoms with van der Waals surface area (Å²) in [7, 11) is 0. The molecule has 5 N–H and O–H groups in total. The highest BCUT2D eigenvalue weighted by molar-refractivity contribution is 5.86. The first-order valence-corrected chi connectivity index (χ1v) is 5.48. The largest absolute Gasteiger partial charge is 0.508 e. The summed E-state index contributed by atoms with van der Waals surface area (Å²) in [6.07, 6.45) is 1.41. The van der Waals surface area contributed by atoms with Gasteiger partial charge in [-0.1, -0.05) is 0 Å². The van der Waals surface area contributed by atoms with Crippen LogP contribution in [-0.4, -0.2) is 31.3 Å². The maximum atomic E-state index is 9.69. The lowest BCUT2D eigenvalue weighted by Crippen LogP contribution is -2.13. The summed E-state index contributed by atoms with van der Waals surface area (Å²) < 4.78 is 1.25. The van der Waals surface area contributed by atoms with E-state index < -0.39 is 0 Å². The van der Waals surface area contributed by atoms with Gasteiger partial charge in [-0.3, -0.25) is 0 Å². The molecule has 0 amide bonds. The number of hydrogen-bond donors (Lipinski definition) is 4. The third-order valence-electron chi connectivity index (χ3n) is 2.57. The third-order valence-corrected chi connectivity index (χ3v) is 2.57. The lowest BCUT2D eigenvalue weighted by Gasteiger charge is -2.04. The van der Waals surface area contributed by atoms with Crippen LogP contribution < -0.4 is 11.3 Å². The second kappa shape index (κ2) is 4.84. The van der Waals surface area contributed by atoms with Crippen LogP contribution in [0.15, 0.2) is 17.2 Å². The van der Waals surface area contributed by atoms with Crippen LogP contribution in [0.4, 0.5) is 5.95 Å². The molecule has 2 rings (SSSR count). The van der Waals surface area contributed by atoms with Crippen molar-refractivity contribution in [2.75, 3.05) is 11.3 Å². The standard InChI is InChI=1S/C11H14N6O2/c1-6-3-8(18)4-10(19)9(6)5-13-15-11-16-14-7(2)17(11)12/h3-5,18-19H,12H2,1-2H3,(H,15,16)/b13-5-. The molecule has 0 atom stereocenters. The van der Waals surface area contributed by atoms with Crippen molar-refractivity contribution in [3.8, 4) is 11.5 Å². The Balaban J connectivity index is 2.18. The molecule has 19 heavy (non-hydrogen) atoms. The summed E-state index contributed by atoms with van der Waals surface area (Å²) in [6.45, 7) is 3.45. The second-order valence-corrected chi connectivity index (χ2v) is 4.01. The van der Waals surface area contributed by atoms with Crippen molar-refractivity contribution in [2.45, 2.75) is 13.8 Å². The Morgan fingerprint density at radius 3 is 2.63 bits per heavy atom. The Morgan fingerprint density at radius 1 is 1.32 bits per heavy atom. The van der Waals surface area contributed by atoms with Crippen LogP contribution in [-0.2, 0) is 0 Å². The number of nitrogens with zero attached hydrogens (tertiary/aromatic N) is 4. The van der Waals surface area contributed by atoms with E-state index in [2.05, 4.69) is 20.7 Å². The van der Waals surface area contributed by atoms with Crippen LogP contribution in [0.3, 0.4) is 0 Å². The van der Waals surface area contributed by atoms with E-state index in [1.165, 1.54) is 23.0 Å². The minimum absolute atomic E-state index is 0.00237. The molecule has 0 spiro atoms. The van der Waals surface area contributed by atoms with Crippen LogP contribution in [0.1, 0.15) is 17.0 Å². The zero-order valence-electron chi connectivity index (χ0n) is 10.5. The van der Waals surface area contributed by atoms with Gasteiger partial charge in [-0.15, -0.1) is 10.2 Å². The maximum absolute atomic E-state index is 9.69. The summed E-state index contributed by atoms with van der Waals surface area (Å²) in [5, 5.41) is 30.4. The normalized spacial score (nSPS) is 11.1. The monoisotopic (exact) mass is 262 g/mol. The lowest BCUT2D eigenvalue weighted by atomic mass is 10.1. The van der Waals surface area contributed by atoms with Crippen LogP contribution in [0.25, 0.3) is 0 Å². The van der Waals surface area contributed by atoms with Crippen molar-refractivity contribution in [2.24, 2.45) is 5.10 Å². The summed E-state index contributed by atoms with van der Waals surface area (Å²) in [4.78, 5) is 0. The number of anilines is 1. The predicted molar refractivity (Wildman–Crippen MR) is 70.6 cm³/mol. The molecule has 2 aromatic rings. The minimum Gasteiger partial charge on any atom is -0.508 e. The van der Waals surface area contributed by atoms with Gasteiger partial charge in [-0.2, -0.15) is 5.10 Å². The molecule has 8 nitrogen and oxygen atoms in total. The molecule has 0 fully saturated rings. The minimum atomic E-state index is -0.0616. The fourth-order valence-corrected chi connectivity index (χ4v) is 1.53. The van der Waals surface area contributed by atoms with Gasteiger partial charge in [0.25, 0.3) is 5.95 Å². The highest BCUT2D eigenvalue weighted by Crippen LogP contribution is 2.25. The van der Waals surface area contributed by atoms with Crippen LogP contribution in [0, 0.1) is 13.8 Å². The number of nitrogen functional groups attached to an aromatic ring is 1. The van der Waals surface area contributed by atoms with E-state index in [0.717, 1.165) is 0 Å². The van der Waals surface area contributed by atoms with Crippen LogP contribution in [0.5, 0.6) is 11.5 Å². The van der Waals surface area contributed by atoms with E-state index in [0.29, 0.717) is 17.0 Å². The summed E-state index contributed by atoms with van der Waals surface area (Å²) in [5.41, 5.74) is 3.79. The third kappa shape index (κ3) is 2.57. The van der Waals surface area contributed by atoms with Gasteiger partial charge in [0.1, 0.15) is 11.5 Å². The average Bonchev–Trinajstić information content (AvgIpc) is 2.64.